The highest BCUT2D eigenvalue weighted by atomic mass is 32.2. The number of para-hydroxylation sites is 2. The quantitative estimate of drug-likeness (QED) is 0.572. The van der Waals surface area contributed by atoms with Gasteiger partial charge in [0.15, 0.2) is 0 Å². The van der Waals surface area contributed by atoms with Gasteiger partial charge in [-0.05, 0) is 59.4 Å². The zero-order valence-corrected chi connectivity index (χ0v) is 17.7. The fourth-order valence-corrected chi connectivity index (χ4v) is 5.37. The molecule has 1 saturated carbocycles. The van der Waals surface area contributed by atoms with E-state index in [-0.39, 0.29) is 5.91 Å². The van der Waals surface area contributed by atoms with Crippen molar-refractivity contribution in [2.24, 2.45) is 0 Å². The number of fused-ring (bicyclic) bond motifs is 2. The molecule has 1 amide bonds. The highest BCUT2D eigenvalue weighted by Gasteiger charge is 2.27. The van der Waals surface area contributed by atoms with Gasteiger partial charge < -0.3 is 0 Å². The second-order valence-electron chi connectivity index (χ2n) is 7.97. The molecule has 0 atom stereocenters. The molecular formula is C23H25N5OS. The number of aromatic nitrogens is 4. The van der Waals surface area contributed by atoms with Crippen molar-refractivity contribution < 1.29 is 4.79 Å². The van der Waals surface area contributed by atoms with Gasteiger partial charge in [0, 0.05) is 0 Å². The molecule has 6 nitrogen and oxygen atoms in total. The average molecular weight is 420 g/mol. The van der Waals surface area contributed by atoms with Crippen LogP contribution in [0.3, 0.4) is 0 Å². The van der Waals surface area contributed by atoms with Gasteiger partial charge in [0.2, 0.25) is 11.1 Å². The fraction of sp³-hybridized carbons (Fsp3) is 0.391. The Morgan fingerprint density at radius 3 is 2.23 bits per heavy atom. The summed E-state index contributed by atoms with van der Waals surface area (Å²) in [6, 6.07) is 16.8. The number of anilines is 2. The SMILES string of the molecule is O=C(CSc1nnnn1C1CCCCC1)N1c2ccccc2CCc2ccccc21. The van der Waals surface area contributed by atoms with Crippen LogP contribution in [0.5, 0.6) is 0 Å². The molecule has 0 unspecified atom stereocenters. The summed E-state index contributed by atoms with van der Waals surface area (Å²) in [5, 5.41) is 13.1. The van der Waals surface area contributed by atoms with Crippen molar-refractivity contribution in [2.45, 2.75) is 56.1 Å². The second kappa shape index (κ2) is 8.60. The molecule has 0 spiro atoms. The molecule has 1 aliphatic heterocycles. The van der Waals surface area contributed by atoms with E-state index in [4.69, 9.17) is 0 Å². The Labute approximate surface area is 180 Å². The van der Waals surface area contributed by atoms with Crippen LogP contribution in [0.1, 0.15) is 49.3 Å². The van der Waals surface area contributed by atoms with Crippen LogP contribution >= 0.6 is 11.8 Å². The standard InChI is InChI=1S/C23H25N5OS/c29-22(16-30-23-24-25-26-28(23)19-10-2-1-3-11-19)27-20-12-6-4-8-17(20)14-15-18-9-5-7-13-21(18)27/h4-9,12-13,19H,1-3,10-11,14-16H2. The van der Waals surface area contributed by atoms with Crippen LogP contribution < -0.4 is 4.90 Å². The maximum absolute atomic E-state index is 13.5. The van der Waals surface area contributed by atoms with Crippen molar-refractivity contribution in [3.63, 3.8) is 0 Å². The molecule has 5 rings (SSSR count). The van der Waals surface area contributed by atoms with E-state index >= 15 is 0 Å². The molecule has 1 fully saturated rings. The first kappa shape index (κ1) is 19.3. The third-order valence-electron chi connectivity index (χ3n) is 6.09. The van der Waals surface area contributed by atoms with Crippen LogP contribution in [0, 0.1) is 0 Å². The number of carbonyl (C=O) groups is 1. The van der Waals surface area contributed by atoms with Crippen molar-refractivity contribution in [1.82, 2.24) is 20.2 Å². The predicted molar refractivity (Wildman–Crippen MR) is 118 cm³/mol. The lowest BCUT2D eigenvalue weighted by atomic mass is 9.96. The van der Waals surface area contributed by atoms with Gasteiger partial charge in [-0.3, -0.25) is 9.69 Å². The largest absolute Gasteiger partial charge is 0.280 e. The molecule has 0 N–H and O–H groups in total. The summed E-state index contributed by atoms with van der Waals surface area (Å²) in [6.07, 6.45) is 7.81. The third-order valence-corrected chi connectivity index (χ3v) is 7.00. The summed E-state index contributed by atoms with van der Waals surface area (Å²) >= 11 is 1.44. The van der Waals surface area contributed by atoms with E-state index in [1.54, 1.807) is 0 Å². The molecule has 0 radical (unpaired) electrons. The van der Waals surface area contributed by atoms with Crippen molar-refractivity contribution in [2.75, 3.05) is 10.7 Å². The number of aryl methyl sites for hydroxylation is 2. The Morgan fingerprint density at radius 2 is 1.57 bits per heavy atom. The number of hydrogen-bond acceptors (Lipinski definition) is 5. The number of benzene rings is 2. The first-order valence-electron chi connectivity index (χ1n) is 10.7. The Kier molecular flexibility index (Phi) is 5.53. The predicted octanol–water partition coefficient (Wildman–Crippen LogP) is 4.73. The zero-order valence-electron chi connectivity index (χ0n) is 16.9. The van der Waals surface area contributed by atoms with Gasteiger partial charge in [0.05, 0.1) is 23.2 Å². The molecule has 0 bridgehead atoms. The van der Waals surface area contributed by atoms with E-state index in [9.17, 15) is 4.79 Å². The average Bonchev–Trinajstić information content (AvgIpc) is 3.20. The van der Waals surface area contributed by atoms with E-state index in [2.05, 4.69) is 27.7 Å². The van der Waals surface area contributed by atoms with Crippen LogP contribution in [-0.4, -0.2) is 31.9 Å². The smallest absolute Gasteiger partial charge is 0.242 e. The van der Waals surface area contributed by atoms with Crippen molar-refractivity contribution in [3.05, 3.63) is 59.7 Å². The Balaban J connectivity index is 1.40. The minimum Gasteiger partial charge on any atom is -0.280 e. The zero-order chi connectivity index (χ0) is 20.3. The second-order valence-corrected chi connectivity index (χ2v) is 8.92. The number of thioether (sulfide) groups is 1. The lowest BCUT2D eigenvalue weighted by molar-refractivity contribution is -0.115. The lowest BCUT2D eigenvalue weighted by Gasteiger charge is -2.25. The third kappa shape index (κ3) is 3.74. The molecule has 2 aliphatic rings. The lowest BCUT2D eigenvalue weighted by Crippen LogP contribution is -2.28. The van der Waals surface area contributed by atoms with E-state index in [0.29, 0.717) is 11.8 Å². The van der Waals surface area contributed by atoms with Gasteiger partial charge in [-0.1, -0.05) is 67.4 Å². The maximum Gasteiger partial charge on any atom is 0.242 e. The summed E-state index contributed by atoms with van der Waals surface area (Å²) in [6.45, 7) is 0. The van der Waals surface area contributed by atoms with Gasteiger partial charge in [-0.25, -0.2) is 4.68 Å². The van der Waals surface area contributed by atoms with E-state index < -0.39 is 0 Å². The topological polar surface area (TPSA) is 63.9 Å². The monoisotopic (exact) mass is 419 g/mol. The number of tetrazole rings is 1. The molecule has 3 aromatic rings. The van der Waals surface area contributed by atoms with Gasteiger partial charge in [-0.2, -0.15) is 0 Å². The Morgan fingerprint density at radius 1 is 0.933 bits per heavy atom. The summed E-state index contributed by atoms with van der Waals surface area (Å²) < 4.78 is 1.93. The van der Waals surface area contributed by atoms with E-state index in [1.165, 1.54) is 42.2 Å². The van der Waals surface area contributed by atoms with Crippen LogP contribution in [-0.2, 0) is 17.6 Å². The van der Waals surface area contributed by atoms with Gasteiger partial charge in [0.1, 0.15) is 0 Å². The number of hydrogen-bond donors (Lipinski definition) is 0. The number of amides is 1. The van der Waals surface area contributed by atoms with Crippen LogP contribution in [0.15, 0.2) is 53.7 Å². The molecule has 30 heavy (non-hydrogen) atoms. The van der Waals surface area contributed by atoms with Crippen LogP contribution in [0.4, 0.5) is 11.4 Å². The van der Waals surface area contributed by atoms with Crippen molar-refractivity contribution in [3.8, 4) is 0 Å². The normalized spacial score (nSPS) is 16.6. The molecule has 0 saturated heterocycles. The molecule has 2 aromatic carbocycles. The summed E-state index contributed by atoms with van der Waals surface area (Å²) in [7, 11) is 0. The summed E-state index contributed by atoms with van der Waals surface area (Å²) in [5.41, 5.74) is 4.39. The molecule has 1 aromatic heterocycles. The van der Waals surface area contributed by atoms with Crippen molar-refractivity contribution in [1.29, 1.82) is 0 Å². The number of nitrogens with zero attached hydrogens (tertiary/aromatic N) is 5. The minimum atomic E-state index is 0.0556. The van der Waals surface area contributed by atoms with Gasteiger partial charge in [0.25, 0.3) is 0 Å². The van der Waals surface area contributed by atoms with E-state index in [1.807, 2.05) is 46.0 Å². The maximum atomic E-state index is 13.5. The first-order valence-corrected chi connectivity index (χ1v) is 11.7. The van der Waals surface area contributed by atoms with Crippen molar-refractivity contribution >= 4 is 29.0 Å². The number of rotatable bonds is 4. The Bertz CT molecular complexity index is 996. The molecule has 154 valence electrons. The van der Waals surface area contributed by atoms with Gasteiger partial charge >= 0.3 is 0 Å². The highest BCUT2D eigenvalue weighted by Crippen LogP contribution is 2.37. The van der Waals surface area contributed by atoms with Crippen LogP contribution in [0.2, 0.25) is 0 Å². The molecule has 7 heteroatoms. The number of carbonyl (C=O) groups excluding carboxylic acids is 1. The first-order chi connectivity index (χ1) is 14.8. The molecule has 1 aliphatic carbocycles. The van der Waals surface area contributed by atoms with Gasteiger partial charge in [-0.15, -0.1) is 5.10 Å². The minimum absolute atomic E-state index is 0.0556. The highest BCUT2D eigenvalue weighted by molar-refractivity contribution is 7.99. The Hall–Kier alpha value is -2.67. The summed E-state index contributed by atoms with van der Waals surface area (Å²) in [5.74, 6) is 0.357. The summed E-state index contributed by atoms with van der Waals surface area (Å²) in [4.78, 5) is 15.4. The molecular weight excluding hydrogens is 394 g/mol. The van der Waals surface area contributed by atoms with E-state index in [0.717, 1.165) is 42.2 Å². The van der Waals surface area contributed by atoms with Crippen LogP contribution in [0.25, 0.3) is 0 Å². The molecule has 2 heterocycles. The fourth-order valence-electron chi connectivity index (χ4n) is 4.57.